The minimum Gasteiger partial charge on any atom is -0.343 e. The number of rotatable bonds is 12. The number of nitrogens with one attached hydrogen (secondary N) is 7. The molecule has 4 bridgehead atoms. The van der Waals surface area contributed by atoms with E-state index in [0.29, 0.717) is 47.5 Å². The lowest BCUT2D eigenvalue weighted by Crippen LogP contribution is -2.61. The molecule has 0 aromatic heterocycles. The van der Waals surface area contributed by atoms with E-state index in [2.05, 4.69) is 51.1 Å². The summed E-state index contributed by atoms with van der Waals surface area (Å²) < 4.78 is -1.48. The second kappa shape index (κ2) is 28.5. The first-order valence-electron chi connectivity index (χ1n) is 31.3. The van der Waals surface area contributed by atoms with Crippen molar-refractivity contribution in [1.82, 2.24) is 47.0 Å². The van der Waals surface area contributed by atoms with Gasteiger partial charge in [0.05, 0.1) is 25.3 Å². The van der Waals surface area contributed by atoms with Gasteiger partial charge in [0, 0.05) is 19.5 Å². The Morgan fingerprint density at radius 1 is 0.552 bits per heavy atom. The number of fused-ring (bicyclic) bond motifs is 5. The van der Waals surface area contributed by atoms with Crippen molar-refractivity contribution in [3.63, 3.8) is 0 Å². The molecule has 2 aliphatic carbocycles. The van der Waals surface area contributed by atoms with Gasteiger partial charge in [0.1, 0.15) is 48.3 Å². The van der Waals surface area contributed by atoms with Crippen molar-refractivity contribution in [2.45, 2.75) is 210 Å². The van der Waals surface area contributed by atoms with Crippen LogP contribution in [0.2, 0.25) is 0 Å². The Hall–Kier alpha value is -6.30. The standard InChI is InChI=1S/C64H91N11O10S2/c1-34(2)30-45-56(79)71-46(31-38-18-11-10-12-19-38)62(85)75-29-17-25-48(75)57(80)72-51(35(3)4)59(82)68-43(22-14-26-65)54(77)67-37(7)61(84)74-28-16-24-47(74)53(76)49-32-41-39-20-13-21-40(39)42-33-50(87-64(42,9)63(41,8)86-49)58(81)73-52(36(5)6)60(83)69-44(23-15-27-66)55(78)70-45/h10-12,18-19,32-37,43-48,51-52H,13-17,20-31,65-66H2,1-9H3,(H,67,77)(H,68,82)(H,69,83)(H,70,78)(H,71,79)(H,72,80)(H,73,81)/t37-,43-,44-,45-,46+,47+,48-,51-,52-,63-,64-/m0/s1. The molecule has 5 heterocycles. The Bertz CT molecular complexity index is 3000. The number of carbonyl (C=O) groups excluding carboxylic acids is 10. The molecule has 4 fully saturated rings. The molecule has 11 N–H and O–H groups in total. The molecule has 0 spiro atoms. The molecule has 21 nitrogen and oxygen atoms in total. The highest BCUT2D eigenvalue weighted by Gasteiger charge is 2.61. The van der Waals surface area contributed by atoms with Crippen LogP contribution >= 0.6 is 23.5 Å². The zero-order valence-corrected chi connectivity index (χ0v) is 53.6. The van der Waals surface area contributed by atoms with Gasteiger partial charge in [-0.2, -0.15) is 0 Å². The number of nitrogens with two attached hydrogens (primary N) is 2. The second-order valence-electron chi connectivity index (χ2n) is 25.8. The van der Waals surface area contributed by atoms with Gasteiger partial charge in [0.15, 0.2) is 5.78 Å². The van der Waals surface area contributed by atoms with Gasteiger partial charge in [-0.25, -0.2) is 0 Å². The summed E-state index contributed by atoms with van der Waals surface area (Å²) in [5, 5.41) is 20.2. The predicted octanol–water partition coefficient (Wildman–Crippen LogP) is 3.61. The number of ketones is 1. The monoisotopic (exact) mass is 1240 g/mol. The molecule has 9 amide bonds. The fourth-order valence-electron chi connectivity index (χ4n) is 13.3. The average molecular weight is 1240 g/mol. The van der Waals surface area contributed by atoms with E-state index in [4.69, 9.17) is 11.5 Å². The lowest BCUT2D eigenvalue weighted by molar-refractivity contribution is -0.143. The predicted molar refractivity (Wildman–Crippen MR) is 336 cm³/mol. The van der Waals surface area contributed by atoms with Crippen molar-refractivity contribution in [3.8, 4) is 0 Å². The zero-order valence-electron chi connectivity index (χ0n) is 51.9. The van der Waals surface area contributed by atoms with E-state index in [1.165, 1.54) is 33.3 Å². The zero-order chi connectivity index (χ0) is 63.2. The Morgan fingerprint density at radius 3 is 1.59 bits per heavy atom. The molecule has 11 atom stereocenters. The number of carbonyl (C=O) groups is 10. The molecule has 87 heavy (non-hydrogen) atoms. The van der Waals surface area contributed by atoms with Gasteiger partial charge in [-0.1, -0.05) is 71.9 Å². The maximum Gasteiger partial charge on any atom is 0.258 e. The molecule has 3 saturated heterocycles. The molecule has 1 saturated carbocycles. The molecular formula is C64H91N11O10S2. The van der Waals surface area contributed by atoms with Crippen LogP contribution in [-0.2, 0) is 54.4 Å². The van der Waals surface area contributed by atoms with E-state index >= 15 is 0 Å². The normalized spacial score (nSPS) is 31.0. The molecule has 8 rings (SSSR count). The van der Waals surface area contributed by atoms with Crippen LogP contribution in [0.4, 0.5) is 0 Å². The highest BCUT2D eigenvalue weighted by molar-refractivity contribution is 8.10. The maximum absolute atomic E-state index is 15.0. The van der Waals surface area contributed by atoms with Gasteiger partial charge >= 0.3 is 0 Å². The molecule has 0 unspecified atom stereocenters. The number of hydrogen-bond donors (Lipinski definition) is 9. The van der Waals surface area contributed by atoms with Crippen LogP contribution in [0.1, 0.15) is 145 Å². The number of allylic oxidation sites excluding steroid dienone is 4. The van der Waals surface area contributed by atoms with Crippen LogP contribution in [0, 0.1) is 17.8 Å². The highest BCUT2D eigenvalue weighted by Crippen LogP contribution is 2.68. The molecule has 0 radical (unpaired) electrons. The smallest absolute Gasteiger partial charge is 0.258 e. The van der Waals surface area contributed by atoms with E-state index in [-0.39, 0.29) is 70.0 Å². The summed E-state index contributed by atoms with van der Waals surface area (Å²) in [5.41, 5.74) is 16.9. The van der Waals surface area contributed by atoms with Crippen LogP contribution in [0.3, 0.4) is 0 Å². The summed E-state index contributed by atoms with van der Waals surface area (Å²) >= 11 is 2.84. The molecule has 23 heteroatoms. The van der Waals surface area contributed by atoms with E-state index in [9.17, 15) is 47.9 Å². The first-order valence-corrected chi connectivity index (χ1v) is 33.0. The quantitative estimate of drug-likeness (QED) is 0.145. The Morgan fingerprint density at radius 2 is 1.03 bits per heavy atom. The van der Waals surface area contributed by atoms with Crippen molar-refractivity contribution >= 4 is 82.5 Å². The van der Waals surface area contributed by atoms with Crippen molar-refractivity contribution < 1.29 is 47.9 Å². The van der Waals surface area contributed by atoms with Crippen molar-refractivity contribution in [3.05, 3.63) is 80.2 Å². The molecular weight excluding hydrogens is 1150 g/mol. The molecule has 474 valence electrons. The van der Waals surface area contributed by atoms with Crippen LogP contribution in [0.15, 0.2) is 74.6 Å². The third-order valence-electron chi connectivity index (χ3n) is 18.2. The van der Waals surface area contributed by atoms with Crippen molar-refractivity contribution in [2.24, 2.45) is 29.2 Å². The molecule has 5 aliphatic heterocycles. The van der Waals surface area contributed by atoms with Crippen molar-refractivity contribution in [2.75, 3.05) is 26.2 Å². The number of benzene rings is 1. The Labute approximate surface area is 520 Å². The maximum atomic E-state index is 15.0. The first kappa shape index (κ1) is 66.6. The van der Waals surface area contributed by atoms with E-state index in [1.54, 1.807) is 46.8 Å². The fourth-order valence-corrected chi connectivity index (χ4v) is 16.4. The molecule has 1 aromatic carbocycles. The average Bonchev–Trinajstić information content (AvgIpc) is 1.55. The minimum atomic E-state index is -1.22. The Kier molecular flexibility index (Phi) is 21.8. The van der Waals surface area contributed by atoms with Crippen LogP contribution in [0.5, 0.6) is 0 Å². The number of hydrogen-bond acceptors (Lipinski definition) is 14. The summed E-state index contributed by atoms with van der Waals surface area (Å²) in [6, 6.07) is -0.907. The van der Waals surface area contributed by atoms with Crippen LogP contribution in [0.25, 0.3) is 0 Å². The summed E-state index contributed by atoms with van der Waals surface area (Å²) in [6.45, 7) is 17.4. The fraction of sp³-hybridized carbons (Fsp3) is 0.625. The third-order valence-corrected chi connectivity index (χ3v) is 21.5. The minimum absolute atomic E-state index is 0.0309. The lowest BCUT2D eigenvalue weighted by atomic mass is 9.72. The van der Waals surface area contributed by atoms with Crippen LogP contribution < -0.4 is 48.7 Å². The summed E-state index contributed by atoms with van der Waals surface area (Å²) in [4.78, 5) is 150. The number of nitrogens with zero attached hydrogens (tertiary/aromatic N) is 2. The van der Waals surface area contributed by atoms with Gasteiger partial charge in [-0.3, -0.25) is 47.9 Å². The first-order chi connectivity index (χ1) is 41.3. The van der Waals surface area contributed by atoms with Gasteiger partial charge in [0.2, 0.25) is 47.3 Å². The van der Waals surface area contributed by atoms with Gasteiger partial charge in [0.25, 0.3) is 5.91 Å². The largest absolute Gasteiger partial charge is 0.343 e. The number of amides is 9. The molecule has 7 aliphatic rings. The number of Topliss-reactive ketones (excluding diaryl/α,β-unsaturated/α-hetero) is 1. The van der Waals surface area contributed by atoms with E-state index in [1.807, 2.05) is 44.2 Å². The summed E-state index contributed by atoms with van der Waals surface area (Å²) in [7, 11) is 0. The third kappa shape index (κ3) is 14.4. The van der Waals surface area contributed by atoms with Crippen molar-refractivity contribution in [1.29, 1.82) is 0 Å². The number of thioether (sulfide) groups is 2. The Balaban J connectivity index is 1.14. The summed E-state index contributed by atoms with van der Waals surface area (Å²) in [5.74, 6) is -6.62. The van der Waals surface area contributed by atoms with E-state index in [0.717, 1.165) is 41.6 Å². The van der Waals surface area contributed by atoms with Gasteiger partial charge < -0.3 is 58.5 Å². The van der Waals surface area contributed by atoms with Gasteiger partial charge in [-0.05, 0) is 169 Å². The molecule has 1 aromatic rings. The SMILES string of the molecule is CC(C)C[C@@H]1NC(=O)[C@H](CCCN)NC(=O)[C@H](C(C)C)NC(=O)C2=CC3=C4CCCC4=C4C=C(S[C@]4(C)[C@@]3(C)S2)C(=O)[C@H]2CCCN2C(=O)[C@H](C)NC(=O)[C@H](CCCN)NC(=O)[C@H](C(C)C)NC(=O)[C@@H]2CCCN2C(=O)[C@@H](Cc2ccccc2)NC1=O. The van der Waals surface area contributed by atoms with Crippen LogP contribution in [-0.4, -0.2) is 159 Å². The lowest BCUT2D eigenvalue weighted by Gasteiger charge is -2.47. The summed E-state index contributed by atoms with van der Waals surface area (Å²) in [6.07, 6.45) is 9.08. The second-order valence-corrected chi connectivity index (χ2v) is 28.7. The van der Waals surface area contributed by atoms with E-state index < -0.39 is 129 Å². The topological polar surface area (TPSA) is 313 Å². The highest BCUT2D eigenvalue weighted by atomic mass is 32.2. The van der Waals surface area contributed by atoms with Gasteiger partial charge in [-0.15, -0.1) is 23.5 Å².